The smallest absolute Gasteiger partial charge is 0.136 e. The standard InChI is InChI=1S/C53H33NO/c1-2-17-36-34(15-1)16-13-28-48(36)54(47-27-11-6-18-37(47)35-31-32-41-40-21-7-12-30-50(40)55-51(41)33-35)49-29-14-26-46-52(49)42-22-5-10-25-45(42)53(46)43-23-8-3-19-38(43)39-20-4-9-24-44(39)53/h1-33H. The lowest BCUT2D eigenvalue weighted by atomic mass is 9.70. The van der Waals surface area contributed by atoms with Gasteiger partial charge in [-0.15, -0.1) is 0 Å². The first kappa shape index (κ1) is 30.3. The summed E-state index contributed by atoms with van der Waals surface area (Å²) in [4.78, 5) is 2.52. The van der Waals surface area contributed by atoms with Crippen LogP contribution >= 0.6 is 0 Å². The van der Waals surface area contributed by atoms with Gasteiger partial charge in [0.05, 0.1) is 22.5 Å². The summed E-state index contributed by atoms with van der Waals surface area (Å²) in [6, 6.07) is 73.3. The Morgan fingerprint density at radius 2 is 0.873 bits per heavy atom. The largest absolute Gasteiger partial charge is 0.456 e. The Bertz CT molecular complexity index is 3130. The van der Waals surface area contributed by atoms with Crippen LogP contribution in [0.1, 0.15) is 22.3 Å². The van der Waals surface area contributed by atoms with Gasteiger partial charge in [-0.25, -0.2) is 0 Å². The maximum atomic E-state index is 6.44. The van der Waals surface area contributed by atoms with E-state index >= 15 is 0 Å². The van der Waals surface area contributed by atoms with Crippen LogP contribution in [0.3, 0.4) is 0 Å². The Hall–Kier alpha value is -7.16. The first-order chi connectivity index (χ1) is 27.3. The third-order valence-electron chi connectivity index (χ3n) is 12.1. The van der Waals surface area contributed by atoms with Crippen molar-refractivity contribution in [2.45, 2.75) is 5.41 Å². The first-order valence-corrected chi connectivity index (χ1v) is 19.0. The van der Waals surface area contributed by atoms with E-state index < -0.39 is 5.41 Å². The molecule has 0 aliphatic heterocycles. The maximum absolute atomic E-state index is 6.44. The highest BCUT2D eigenvalue weighted by Gasteiger charge is 2.52. The SMILES string of the molecule is c1ccc(N(c2cccc3c2-c2ccccc2C32c3ccccc3-c3ccccc32)c2cccc3ccccc23)c(-c2ccc3c(c2)oc2ccccc23)c1. The highest BCUT2D eigenvalue weighted by atomic mass is 16.3. The third-order valence-corrected chi connectivity index (χ3v) is 12.1. The van der Waals surface area contributed by atoms with Crippen molar-refractivity contribution in [1.29, 1.82) is 0 Å². The number of hydrogen-bond donors (Lipinski definition) is 0. The molecule has 12 rings (SSSR count). The van der Waals surface area contributed by atoms with Crippen molar-refractivity contribution in [3.8, 4) is 33.4 Å². The van der Waals surface area contributed by atoms with Gasteiger partial charge in [-0.1, -0.05) is 164 Å². The Morgan fingerprint density at radius 3 is 1.67 bits per heavy atom. The number of anilines is 3. The van der Waals surface area contributed by atoms with Gasteiger partial charge >= 0.3 is 0 Å². The van der Waals surface area contributed by atoms with Crippen molar-refractivity contribution in [3.63, 3.8) is 0 Å². The van der Waals surface area contributed by atoms with Crippen molar-refractivity contribution in [2.24, 2.45) is 0 Å². The Morgan fingerprint density at radius 1 is 0.345 bits per heavy atom. The van der Waals surface area contributed by atoms with Crippen molar-refractivity contribution in [1.82, 2.24) is 0 Å². The minimum atomic E-state index is -0.439. The van der Waals surface area contributed by atoms with E-state index in [1.807, 2.05) is 12.1 Å². The highest BCUT2D eigenvalue weighted by Crippen LogP contribution is 2.65. The van der Waals surface area contributed by atoms with Gasteiger partial charge in [0, 0.05) is 27.3 Å². The molecule has 0 N–H and O–H groups in total. The first-order valence-electron chi connectivity index (χ1n) is 19.0. The molecule has 2 aliphatic carbocycles. The molecular weight excluding hydrogens is 667 g/mol. The quantitative estimate of drug-likeness (QED) is 0.182. The van der Waals surface area contributed by atoms with Crippen molar-refractivity contribution in [3.05, 3.63) is 222 Å². The summed E-state index contributed by atoms with van der Waals surface area (Å²) in [5.41, 5.74) is 17.5. The van der Waals surface area contributed by atoms with E-state index in [-0.39, 0.29) is 0 Å². The lowest BCUT2D eigenvalue weighted by Crippen LogP contribution is -2.26. The molecule has 9 aromatic carbocycles. The Balaban J connectivity index is 1.17. The van der Waals surface area contributed by atoms with Crippen LogP contribution in [0, 0.1) is 0 Å². The normalized spacial score (nSPS) is 13.2. The number of rotatable bonds is 4. The molecule has 1 aromatic heterocycles. The van der Waals surface area contributed by atoms with Crippen LogP contribution in [0.15, 0.2) is 205 Å². The lowest BCUT2D eigenvalue weighted by molar-refractivity contribution is 0.669. The molecule has 256 valence electrons. The second kappa shape index (κ2) is 11.4. The molecule has 2 nitrogen and oxygen atoms in total. The second-order valence-corrected chi connectivity index (χ2v) is 14.7. The van der Waals surface area contributed by atoms with E-state index in [0.717, 1.165) is 50.1 Å². The van der Waals surface area contributed by atoms with Gasteiger partial charge in [0.2, 0.25) is 0 Å². The van der Waals surface area contributed by atoms with E-state index in [1.54, 1.807) is 0 Å². The summed E-state index contributed by atoms with van der Waals surface area (Å²) in [6.45, 7) is 0. The molecule has 0 unspecified atom stereocenters. The van der Waals surface area contributed by atoms with Gasteiger partial charge in [-0.05, 0) is 86.3 Å². The molecule has 1 heterocycles. The fourth-order valence-corrected chi connectivity index (χ4v) is 9.91. The average molecular weight is 700 g/mol. The number of furan rings is 1. The van der Waals surface area contributed by atoms with Crippen molar-refractivity contribution < 1.29 is 4.42 Å². The van der Waals surface area contributed by atoms with Crippen molar-refractivity contribution in [2.75, 3.05) is 4.90 Å². The highest BCUT2D eigenvalue weighted by molar-refractivity contribution is 6.08. The molecule has 0 atom stereocenters. The predicted octanol–water partition coefficient (Wildman–Crippen LogP) is 14.2. The van der Waals surface area contributed by atoms with E-state index in [1.165, 1.54) is 55.3 Å². The van der Waals surface area contributed by atoms with Gasteiger partial charge in [0.15, 0.2) is 0 Å². The fourth-order valence-electron chi connectivity index (χ4n) is 9.91. The zero-order valence-corrected chi connectivity index (χ0v) is 29.9. The van der Waals surface area contributed by atoms with Gasteiger partial charge in [0.1, 0.15) is 11.2 Å². The van der Waals surface area contributed by atoms with Crippen LogP contribution < -0.4 is 4.90 Å². The Labute approximate surface area is 319 Å². The summed E-state index contributed by atoms with van der Waals surface area (Å²) < 4.78 is 6.44. The minimum Gasteiger partial charge on any atom is -0.456 e. The van der Waals surface area contributed by atoms with Crippen LogP contribution in [-0.4, -0.2) is 0 Å². The van der Waals surface area contributed by atoms with Crippen molar-refractivity contribution >= 4 is 49.8 Å². The fraction of sp³-hybridized carbons (Fsp3) is 0.0189. The number of nitrogens with zero attached hydrogens (tertiary/aromatic N) is 1. The monoisotopic (exact) mass is 699 g/mol. The summed E-state index contributed by atoms with van der Waals surface area (Å²) in [7, 11) is 0. The lowest BCUT2D eigenvalue weighted by Gasteiger charge is -2.33. The number of fused-ring (bicyclic) bond motifs is 14. The summed E-state index contributed by atoms with van der Waals surface area (Å²) >= 11 is 0. The molecule has 2 heteroatoms. The van der Waals surface area contributed by atoms with E-state index in [9.17, 15) is 0 Å². The molecule has 10 aromatic rings. The van der Waals surface area contributed by atoms with E-state index in [0.29, 0.717) is 0 Å². The number of para-hydroxylation sites is 2. The van der Waals surface area contributed by atoms with Gasteiger partial charge in [-0.2, -0.15) is 0 Å². The molecule has 0 fully saturated rings. The topological polar surface area (TPSA) is 16.4 Å². The average Bonchev–Trinajstić information content (AvgIpc) is 3.88. The molecule has 0 amide bonds. The van der Waals surface area contributed by atoms with Gasteiger partial charge in [-0.3, -0.25) is 0 Å². The molecule has 0 radical (unpaired) electrons. The Kier molecular flexibility index (Phi) is 6.29. The summed E-state index contributed by atoms with van der Waals surface area (Å²) in [5, 5.41) is 4.66. The van der Waals surface area contributed by atoms with Crippen LogP contribution in [0.5, 0.6) is 0 Å². The number of benzene rings is 9. The zero-order valence-electron chi connectivity index (χ0n) is 29.9. The molecule has 0 saturated carbocycles. The summed E-state index contributed by atoms with van der Waals surface area (Å²) in [6.07, 6.45) is 0. The van der Waals surface area contributed by atoms with Gasteiger partial charge in [0.25, 0.3) is 0 Å². The molecule has 1 spiro atoms. The van der Waals surface area contributed by atoms with Crippen LogP contribution in [0.2, 0.25) is 0 Å². The van der Waals surface area contributed by atoms with Crippen LogP contribution in [0.4, 0.5) is 17.1 Å². The van der Waals surface area contributed by atoms with Crippen LogP contribution in [0.25, 0.3) is 66.1 Å². The molecule has 0 bridgehead atoms. The zero-order chi connectivity index (χ0) is 36.1. The predicted molar refractivity (Wildman–Crippen MR) is 228 cm³/mol. The van der Waals surface area contributed by atoms with E-state index in [4.69, 9.17) is 4.42 Å². The molecule has 2 aliphatic rings. The van der Waals surface area contributed by atoms with Gasteiger partial charge < -0.3 is 9.32 Å². The minimum absolute atomic E-state index is 0.439. The summed E-state index contributed by atoms with van der Waals surface area (Å²) in [5.74, 6) is 0. The molecule has 55 heavy (non-hydrogen) atoms. The van der Waals surface area contributed by atoms with E-state index in [2.05, 4.69) is 193 Å². The molecular formula is C53H33NO. The maximum Gasteiger partial charge on any atom is 0.136 e. The number of hydrogen-bond acceptors (Lipinski definition) is 2. The molecule has 0 saturated heterocycles. The third kappa shape index (κ3) is 4.08. The second-order valence-electron chi connectivity index (χ2n) is 14.7. The van der Waals surface area contributed by atoms with Crippen LogP contribution in [-0.2, 0) is 5.41 Å².